The molecule has 0 aliphatic carbocycles. The van der Waals surface area contributed by atoms with Crippen LogP contribution in [-0.4, -0.2) is 7.11 Å². The highest BCUT2D eigenvalue weighted by Crippen LogP contribution is 2.36. The van der Waals surface area contributed by atoms with Gasteiger partial charge in [-0.2, -0.15) is 0 Å². The van der Waals surface area contributed by atoms with Crippen molar-refractivity contribution >= 4 is 37.4 Å². The van der Waals surface area contributed by atoms with Gasteiger partial charge in [-0.15, -0.1) is 11.3 Å². The predicted molar refractivity (Wildman–Crippen MR) is 61.0 cm³/mol. The molecule has 0 aliphatic rings. The maximum absolute atomic E-state index is 13.4. The number of benzene rings is 1. The molecule has 0 atom stereocenters. The average Bonchev–Trinajstić information content (AvgIpc) is 2.61. The first-order valence-corrected chi connectivity index (χ1v) is 6.06. The van der Waals surface area contributed by atoms with Gasteiger partial charge in [-0.25, -0.2) is 4.39 Å². The Morgan fingerprint density at radius 1 is 1.50 bits per heavy atom. The zero-order valence-electron chi connectivity index (χ0n) is 7.51. The van der Waals surface area contributed by atoms with E-state index in [0.717, 1.165) is 15.8 Å². The van der Waals surface area contributed by atoms with Gasteiger partial charge in [0.05, 0.1) is 7.11 Å². The summed E-state index contributed by atoms with van der Waals surface area (Å²) >= 11 is 4.85. The van der Waals surface area contributed by atoms with Crippen LogP contribution in [0.25, 0.3) is 10.1 Å². The lowest BCUT2D eigenvalue weighted by Crippen LogP contribution is -1.88. The molecule has 0 saturated heterocycles. The largest absolute Gasteiger partial charge is 0.495 e. The molecule has 0 saturated carbocycles. The van der Waals surface area contributed by atoms with Crippen LogP contribution in [0.1, 0.15) is 5.56 Å². The van der Waals surface area contributed by atoms with Crippen LogP contribution in [-0.2, 0) is 5.33 Å². The molecule has 74 valence electrons. The number of hydrogen-bond donors (Lipinski definition) is 0. The molecular weight excluding hydrogens is 267 g/mol. The fraction of sp³-hybridized carbons (Fsp3) is 0.200. The summed E-state index contributed by atoms with van der Waals surface area (Å²) in [7, 11) is 1.60. The lowest BCUT2D eigenvalue weighted by molar-refractivity contribution is 0.421. The number of rotatable bonds is 2. The van der Waals surface area contributed by atoms with Crippen LogP contribution in [0.3, 0.4) is 0 Å². The average molecular weight is 275 g/mol. The summed E-state index contributed by atoms with van der Waals surface area (Å²) in [6.45, 7) is 0. The number of methoxy groups -OCH3 is 1. The molecule has 0 amide bonds. The fourth-order valence-corrected chi connectivity index (χ4v) is 2.91. The van der Waals surface area contributed by atoms with Crippen molar-refractivity contribution in [1.82, 2.24) is 0 Å². The van der Waals surface area contributed by atoms with Crippen molar-refractivity contribution < 1.29 is 9.13 Å². The molecule has 0 N–H and O–H groups in total. The van der Waals surface area contributed by atoms with Crippen LogP contribution in [0.2, 0.25) is 0 Å². The predicted octanol–water partition coefficient (Wildman–Crippen LogP) is 3.94. The zero-order valence-corrected chi connectivity index (χ0v) is 9.91. The van der Waals surface area contributed by atoms with E-state index in [1.54, 1.807) is 24.5 Å². The first kappa shape index (κ1) is 9.93. The second kappa shape index (κ2) is 3.87. The van der Waals surface area contributed by atoms with E-state index >= 15 is 0 Å². The molecule has 4 heteroatoms. The summed E-state index contributed by atoms with van der Waals surface area (Å²) in [5.41, 5.74) is 0.667. The quantitative estimate of drug-likeness (QED) is 0.754. The summed E-state index contributed by atoms with van der Waals surface area (Å²) in [4.78, 5) is 0. The smallest absolute Gasteiger partial charge is 0.137 e. The maximum atomic E-state index is 13.4. The zero-order chi connectivity index (χ0) is 10.1. The highest BCUT2D eigenvalue weighted by molar-refractivity contribution is 9.08. The number of thiophene rings is 1. The van der Waals surface area contributed by atoms with Crippen LogP contribution in [0.5, 0.6) is 5.75 Å². The molecule has 1 heterocycles. The molecule has 0 bridgehead atoms. The lowest BCUT2D eigenvalue weighted by Gasteiger charge is -2.03. The van der Waals surface area contributed by atoms with Gasteiger partial charge in [0.25, 0.3) is 0 Å². The first-order valence-electron chi connectivity index (χ1n) is 4.06. The molecule has 0 unspecified atom stereocenters. The first-order chi connectivity index (χ1) is 6.77. The molecule has 14 heavy (non-hydrogen) atoms. The van der Waals surface area contributed by atoms with Crippen molar-refractivity contribution in [2.75, 3.05) is 7.11 Å². The summed E-state index contributed by atoms with van der Waals surface area (Å²) in [6, 6.07) is 3.28. The second-order valence-electron chi connectivity index (χ2n) is 2.84. The molecule has 0 fully saturated rings. The Labute approximate surface area is 93.6 Å². The molecular formula is C10H8BrFOS. The Kier molecular flexibility index (Phi) is 2.74. The van der Waals surface area contributed by atoms with Crippen molar-refractivity contribution in [2.45, 2.75) is 5.33 Å². The third-order valence-corrected chi connectivity index (χ3v) is 3.60. The highest BCUT2D eigenvalue weighted by atomic mass is 79.9. The Morgan fingerprint density at radius 3 is 2.93 bits per heavy atom. The summed E-state index contributed by atoms with van der Waals surface area (Å²) in [6.07, 6.45) is 0. The molecule has 0 aliphatic heterocycles. The third-order valence-electron chi connectivity index (χ3n) is 2.11. The third kappa shape index (κ3) is 1.42. The SMILES string of the molecule is COc1csc2ccc(F)c(CBr)c12. The van der Waals surface area contributed by atoms with E-state index in [-0.39, 0.29) is 5.82 Å². The van der Waals surface area contributed by atoms with Crippen molar-refractivity contribution in [2.24, 2.45) is 0 Å². The van der Waals surface area contributed by atoms with E-state index in [0.29, 0.717) is 10.9 Å². The lowest BCUT2D eigenvalue weighted by atomic mass is 10.1. The normalized spacial score (nSPS) is 10.8. The van der Waals surface area contributed by atoms with E-state index in [4.69, 9.17) is 4.74 Å². The van der Waals surface area contributed by atoms with Gasteiger partial charge in [-0.1, -0.05) is 15.9 Å². The summed E-state index contributed by atoms with van der Waals surface area (Å²) in [5.74, 6) is 0.560. The van der Waals surface area contributed by atoms with Gasteiger partial charge in [-0.3, -0.25) is 0 Å². The van der Waals surface area contributed by atoms with E-state index in [2.05, 4.69) is 15.9 Å². The Morgan fingerprint density at radius 2 is 2.29 bits per heavy atom. The van der Waals surface area contributed by atoms with Crippen molar-refractivity contribution in [3.8, 4) is 5.75 Å². The van der Waals surface area contributed by atoms with E-state index in [9.17, 15) is 4.39 Å². The molecule has 1 aromatic heterocycles. The van der Waals surface area contributed by atoms with Crippen molar-refractivity contribution in [1.29, 1.82) is 0 Å². The number of ether oxygens (including phenoxy) is 1. The van der Waals surface area contributed by atoms with Crippen LogP contribution >= 0.6 is 27.3 Å². The molecule has 1 nitrogen and oxygen atoms in total. The minimum atomic E-state index is -0.189. The molecule has 1 aromatic carbocycles. The minimum Gasteiger partial charge on any atom is -0.495 e. The van der Waals surface area contributed by atoms with Gasteiger partial charge >= 0.3 is 0 Å². The highest BCUT2D eigenvalue weighted by Gasteiger charge is 2.12. The van der Waals surface area contributed by atoms with Crippen LogP contribution in [0.15, 0.2) is 17.5 Å². The Balaban J connectivity index is 2.81. The van der Waals surface area contributed by atoms with Gasteiger partial charge < -0.3 is 4.74 Å². The van der Waals surface area contributed by atoms with E-state index in [1.165, 1.54) is 6.07 Å². The van der Waals surface area contributed by atoms with E-state index in [1.807, 2.05) is 5.38 Å². The second-order valence-corrected chi connectivity index (χ2v) is 4.31. The van der Waals surface area contributed by atoms with E-state index < -0.39 is 0 Å². The topological polar surface area (TPSA) is 9.23 Å². The summed E-state index contributed by atoms with van der Waals surface area (Å²) in [5, 5.41) is 3.29. The van der Waals surface area contributed by atoms with Crippen molar-refractivity contribution in [3.05, 3.63) is 28.9 Å². The van der Waals surface area contributed by atoms with Gasteiger partial charge in [0.2, 0.25) is 0 Å². The van der Waals surface area contributed by atoms with Gasteiger partial charge in [0, 0.05) is 26.4 Å². The van der Waals surface area contributed by atoms with Gasteiger partial charge in [-0.05, 0) is 12.1 Å². The number of alkyl halides is 1. The molecule has 2 aromatic rings. The van der Waals surface area contributed by atoms with Crippen LogP contribution < -0.4 is 4.74 Å². The van der Waals surface area contributed by atoms with Crippen LogP contribution in [0.4, 0.5) is 4.39 Å². The molecule has 0 radical (unpaired) electrons. The fourth-order valence-electron chi connectivity index (χ4n) is 1.43. The van der Waals surface area contributed by atoms with Crippen LogP contribution in [0, 0.1) is 5.82 Å². The van der Waals surface area contributed by atoms with Gasteiger partial charge in [0.1, 0.15) is 11.6 Å². The maximum Gasteiger partial charge on any atom is 0.137 e. The minimum absolute atomic E-state index is 0.189. The standard InChI is InChI=1S/C10H8BrFOS/c1-13-8-5-14-9-3-2-7(12)6(4-11)10(8)9/h2-3,5H,4H2,1H3. The molecule has 0 spiro atoms. The molecule has 2 rings (SSSR count). The number of fused-ring (bicyclic) bond motifs is 1. The number of halogens is 2. The summed E-state index contributed by atoms with van der Waals surface area (Å²) < 4.78 is 19.7. The monoisotopic (exact) mass is 274 g/mol. The Bertz CT molecular complexity index is 466. The number of hydrogen-bond acceptors (Lipinski definition) is 2. The van der Waals surface area contributed by atoms with Crippen molar-refractivity contribution in [3.63, 3.8) is 0 Å². The Hall–Kier alpha value is -0.610. The van der Waals surface area contributed by atoms with Gasteiger partial charge in [0.15, 0.2) is 0 Å².